The van der Waals surface area contributed by atoms with Gasteiger partial charge in [-0.2, -0.15) is 0 Å². The van der Waals surface area contributed by atoms with Gasteiger partial charge in [-0.05, 0) is 30.5 Å². The molecule has 2 nitrogen and oxygen atoms in total. The van der Waals surface area contributed by atoms with Crippen LogP contribution < -0.4 is 5.32 Å². The molecule has 1 heterocycles. The van der Waals surface area contributed by atoms with Crippen molar-refractivity contribution in [1.82, 2.24) is 9.88 Å². The lowest BCUT2D eigenvalue weighted by Gasteiger charge is -2.05. The highest BCUT2D eigenvalue weighted by Crippen LogP contribution is 2.05. The van der Waals surface area contributed by atoms with Crippen LogP contribution in [-0.2, 0) is 13.6 Å². The Balaban J connectivity index is 1.98. The number of rotatable bonds is 7. The topological polar surface area (TPSA) is 17.0 Å². The normalized spacial score (nSPS) is 11.2. The van der Waals surface area contributed by atoms with Crippen LogP contribution in [0.5, 0.6) is 0 Å². The van der Waals surface area contributed by atoms with Gasteiger partial charge in [-0.1, -0.05) is 26.7 Å². The minimum absolute atomic E-state index is 0.846. The summed E-state index contributed by atoms with van der Waals surface area (Å²) >= 11 is 0. The molecule has 0 aliphatic heterocycles. The Kier molecular flexibility index (Phi) is 5.48. The largest absolute Gasteiger partial charge is 0.357 e. The smallest absolute Gasteiger partial charge is 0.0220 e. The first-order valence-electron chi connectivity index (χ1n) is 6.00. The maximum absolute atomic E-state index is 3.48. The minimum atomic E-state index is 0.846. The maximum atomic E-state index is 3.48. The summed E-state index contributed by atoms with van der Waals surface area (Å²) in [6.07, 6.45) is 8.26. The van der Waals surface area contributed by atoms with Crippen molar-refractivity contribution in [3.8, 4) is 0 Å². The lowest BCUT2D eigenvalue weighted by molar-refractivity contribution is 0.520. The molecule has 0 saturated carbocycles. The van der Waals surface area contributed by atoms with Crippen molar-refractivity contribution in [3.05, 3.63) is 24.0 Å². The Hall–Kier alpha value is -0.760. The SMILES string of the molecule is CC(C)CCCCNCc1ccn(C)c1. The molecule has 2 heteroatoms. The van der Waals surface area contributed by atoms with Gasteiger partial charge in [0.05, 0.1) is 0 Å². The van der Waals surface area contributed by atoms with E-state index in [-0.39, 0.29) is 0 Å². The molecule has 0 amide bonds. The molecule has 0 spiro atoms. The molecule has 0 atom stereocenters. The van der Waals surface area contributed by atoms with Gasteiger partial charge in [0, 0.05) is 26.0 Å². The number of nitrogens with zero attached hydrogens (tertiary/aromatic N) is 1. The second-order valence-electron chi connectivity index (χ2n) is 4.75. The van der Waals surface area contributed by atoms with Crippen LogP contribution in [0.1, 0.15) is 38.7 Å². The molecular weight excluding hydrogens is 184 g/mol. The predicted molar refractivity (Wildman–Crippen MR) is 65.8 cm³/mol. The number of hydrogen-bond acceptors (Lipinski definition) is 1. The molecule has 86 valence electrons. The molecule has 0 saturated heterocycles. The summed E-state index contributed by atoms with van der Waals surface area (Å²) in [4.78, 5) is 0. The quantitative estimate of drug-likeness (QED) is 0.682. The third-order valence-electron chi connectivity index (χ3n) is 2.61. The second kappa shape index (κ2) is 6.67. The summed E-state index contributed by atoms with van der Waals surface area (Å²) in [5.74, 6) is 0.846. The molecule has 0 aliphatic carbocycles. The third kappa shape index (κ3) is 5.63. The zero-order chi connectivity index (χ0) is 11.1. The van der Waals surface area contributed by atoms with Crippen molar-refractivity contribution in [1.29, 1.82) is 0 Å². The van der Waals surface area contributed by atoms with Gasteiger partial charge in [-0.15, -0.1) is 0 Å². The average Bonchev–Trinajstić information content (AvgIpc) is 2.57. The number of unbranched alkanes of at least 4 members (excludes halogenated alkanes) is 1. The summed E-state index contributed by atoms with van der Waals surface area (Å²) in [5, 5.41) is 3.48. The average molecular weight is 208 g/mol. The van der Waals surface area contributed by atoms with Crippen LogP contribution in [0, 0.1) is 5.92 Å². The molecule has 1 rings (SSSR count). The monoisotopic (exact) mass is 208 g/mol. The van der Waals surface area contributed by atoms with Gasteiger partial charge in [0.15, 0.2) is 0 Å². The molecular formula is C13H24N2. The molecule has 1 aromatic heterocycles. The fourth-order valence-electron chi connectivity index (χ4n) is 1.70. The van der Waals surface area contributed by atoms with E-state index in [2.05, 4.69) is 49.2 Å². The van der Waals surface area contributed by atoms with Gasteiger partial charge in [-0.3, -0.25) is 0 Å². The van der Waals surface area contributed by atoms with Crippen LogP contribution in [0.3, 0.4) is 0 Å². The third-order valence-corrected chi connectivity index (χ3v) is 2.61. The van der Waals surface area contributed by atoms with Gasteiger partial charge in [0.25, 0.3) is 0 Å². The van der Waals surface area contributed by atoms with Crippen LogP contribution in [0.25, 0.3) is 0 Å². The zero-order valence-electron chi connectivity index (χ0n) is 10.3. The van der Waals surface area contributed by atoms with Crippen molar-refractivity contribution in [2.45, 2.75) is 39.7 Å². The molecule has 0 aliphatic rings. The summed E-state index contributed by atoms with van der Waals surface area (Å²) in [7, 11) is 2.06. The van der Waals surface area contributed by atoms with E-state index in [1.54, 1.807) is 0 Å². The summed E-state index contributed by atoms with van der Waals surface area (Å²) in [5.41, 5.74) is 1.38. The first-order valence-corrected chi connectivity index (χ1v) is 6.00. The van der Waals surface area contributed by atoms with Gasteiger partial charge in [-0.25, -0.2) is 0 Å². The minimum Gasteiger partial charge on any atom is -0.357 e. The van der Waals surface area contributed by atoms with E-state index in [9.17, 15) is 0 Å². The van der Waals surface area contributed by atoms with Gasteiger partial charge in [0.2, 0.25) is 0 Å². The van der Waals surface area contributed by atoms with Crippen LogP contribution >= 0.6 is 0 Å². The summed E-state index contributed by atoms with van der Waals surface area (Å²) in [6.45, 7) is 6.72. The molecule has 0 unspecified atom stereocenters. The van der Waals surface area contributed by atoms with Crippen LogP contribution in [0.15, 0.2) is 18.5 Å². The fraction of sp³-hybridized carbons (Fsp3) is 0.692. The van der Waals surface area contributed by atoms with Crippen molar-refractivity contribution < 1.29 is 0 Å². The van der Waals surface area contributed by atoms with Gasteiger partial charge >= 0.3 is 0 Å². The van der Waals surface area contributed by atoms with Crippen molar-refractivity contribution in [2.24, 2.45) is 13.0 Å². The Labute approximate surface area is 93.7 Å². The first-order chi connectivity index (χ1) is 7.18. The summed E-state index contributed by atoms with van der Waals surface area (Å²) < 4.78 is 2.09. The Bertz CT molecular complexity index is 263. The van der Waals surface area contributed by atoms with Gasteiger partial charge < -0.3 is 9.88 Å². The maximum Gasteiger partial charge on any atom is 0.0220 e. The lowest BCUT2D eigenvalue weighted by atomic mass is 10.1. The number of aromatic nitrogens is 1. The van der Waals surface area contributed by atoms with Gasteiger partial charge in [0.1, 0.15) is 0 Å². The van der Waals surface area contributed by atoms with E-state index in [1.165, 1.54) is 24.8 Å². The van der Waals surface area contributed by atoms with E-state index in [4.69, 9.17) is 0 Å². The molecule has 0 radical (unpaired) electrons. The Morgan fingerprint density at radius 3 is 2.73 bits per heavy atom. The molecule has 0 aromatic carbocycles. The first kappa shape index (κ1) is 12.3. The predicted octanol–water partition coefficient (Wildman–Crippen LogP) is 2.94. The van der Waals surface area contributed by atoms with Crippen LogP contribution in [0.4, 0.5) is 0 Å². The van der Waals surface area contributed by atoms with E-state index < -0.39 is 0 Å². The van der Waals surface area contributed by atoms with Crippen molar-refractivity contribution in [2.75, 3.05) is 6.54 Å². The van der Waals surface area contributed by atoms with Crippen molar-refractivity contribution >= 4 is 0 Å². The highest BCUT2D eigenvalue weighted by atomic mass is 14.9. The van der Waals surface area contributed by atoms with Crippen molar-refractivity contribution in [3.63, 3.8) is 0 Å². The molecule has 0 fully saturated rings. The Morgan fingerprint density at radius 2 is 2.13 bits per heavy atom. The zero-order valence-corrected chi connectivity index (χ0v) is 10.3. The fourth-order valence-corrected chi connectivity index (χ4v) is 1.70. The highest BCUT2D eigenvalue weighted by Gasteiger charge is 1.95. The highest BCUT2D eigenvalue weighted by molar-refractivity contribution is 5.09. The Morgan fingerprint density at radius 1 is 1.33 bits per heavy atom. The van der Waals surface area contributed by atoms with Crippen LogP contribution in [-0.4, -0.2) is 11.1 Å². The lowest BCUT2D eigenvalue weighted by Crippen LogP contribution is -2.14. The molecule has 0 bridgehead atoms. The van der Waals surface area contributed by atoms with E-state index in [1.807, 2.05) is 0 Å². The number of hydrogen-bond donors (Lipinski definition) is 1. The number of aryl methyl sites for hydroxylation is 1. The molecule has 15 heavy (non-hydrogen) atoms. The molecule has 1 aromatic rings. The number of nitrogens with one attached hydrogen (secondary N) is 1. The molecule has 1 N–H and O–H groups in total. The standard InChI is InChI=1S/C13H24N2/c1-12(2)6-4-5-8-14-10-13-7-9-15(3)11-13/h7,9,11-12,14H,4-6,8,10H2,1-3H3. The summed E-state index contributed by atoms with van der Waals surface area (Å²) in [6, 6.07) is 2.17. The van der Waals surface area contributed by atoms with E-state index in [0.717, 1.165) is 19.0 Å². The van der Waals surface area contributed by atoms with Crippen LogP contribution in [0.2, 0.25) is 0 Å². The second-order valence-corrected chi connectivity index (χ2v) is 4.75. The van der Waals surface area contributed by atoms with E-state index in [0.29, 0.717) is 0 Å². The van der Waals surface area contributed by atoms with E-state index >= 15 is 0 Å².